The molecule has 116 valence electrons. The molecule has 0 amide bonds. The van der Waals surface area contributed by atoms with Crippen LogP contribution in [0.4, 0.5) is 0 Å². The molecule has 0 aromatic heterocycles. The van der Waals surface area contributed by atoms with E-state index in [1.807, 2.05) is 0 Å². The van der Waals surface area contributed by atoms with Gasteiger partial charge in [-0.15, -0.1) is 0 Å². The third-order valence-electron chi connectivity index (χ3n) is 6.01. The number of hydrogen-bond acceptors (Lipinski definition) is 2. The monoisotopic (exact) mass is 287 g/mol. The number of nitrogens with one attached hydrogen (secondary N) is 1. The average Bonchev–Trinajstić information content (AvgIpc) is 3.03. The lowest BCUT2D eigenvalue weighted by molar-refractivity contribution is -0.0736. The van der Waals surface area contributed by atoms with Crippen LogP contribution in [0, 0.1) is 5.41 Å². The molecule has 0 saturated heterocycles. The Morgan fingerprint density at radius 1 is 1.24 bits per heavy atom. The van der Waals surface area contributed by atoms with Crippen LogP contribution >= 0.6 is 0 Å². The molecule has 21 heavy (non-hydrogen) atoms. The van der Waals surface area contributed by atoms with Crippen LogP contribution in [0.2, 0.25) is 0 Å². The predicted molar refractivity (Wildman–Crippen MR) is 87.9 cm³/mol. The molecule has 0 radical (unpaired) electrons. The van der Waals surface area contributed by atoms with Crippen LogP contribution in [0.3, 0.4) is 0 Å². The first-order chi connectivity index (χ1) is 10.2. The number of hydrogen-bond donors (Lipinski definition) is 1. The summed E-state index contributed by atoms with van der Waals surface area (Å²) >= 11 is 0. The van der Waals surface area contributed by atoms with Gasteiger partial charge in [0, 0.05) is 17.9 Å². The standard InChI is InChI=1S/C19H29NO/c1-4-14(2)15-7-9-16(10-8-15)21-18-13-17(20-3)19(18)11-5-6-12-19/h7-10,14,17-18,20H,4-6,11-13H2,1-3H3. The largest absolute Gasteiger partial charge is 0.490 e. The smallest absolute Gasteiger partial charge is 0.119 e. The lowest BCUT2D eigenvalue weighted by Gasteiger charge is -2.53. The second-order valence-corrected chi connectivity index (χ2v) is 7.00. The van der Waals surface area contributed by atoms with E-state index in [0.717, 1.165) is 12.2 Å². The first-order valence-corrected chi connectivity index (χ1v) is 8.63. The fourth-order valence-corrected chi connectivity index (χ4v) is 4.30. The summed E-state index contributed by atoms with van der Waals surface area (Å²) in [6.07, 6.45) is 8.14. The van der Waals surface area contributed by atoms with Crippen molar-refractivity contribution in [3.63, 3.8) is 0 Å². The number of benzene rings is 1. The minimum atomic E-state index is 0.407. The molecule has 2 aliphatic rings. The van der Waals surface area contributed by atoms with E-state index in [4.69, 9.17) is 4.74 Å². The zero-order valence-electron chi connectivity index (χ0n) is 13.7. The van der Waals surface area contributed by atoms with Gasteiger partial charge in [-0.05, 0) is 49.9 Å². The van der Waals surface area contributed by atoms with Crippen LogP contribution in [0.25, 0.3) is 0 Å². The van der Waals surface area contributed by atoms with Crippen molar-refractivity contribution in [3.05, 3.63) is 29.8 Å². The van der Waals surface area contributed by atoms with Gasteiger partial charge in [-0.3, -0.25) is 0 Å². The average molecular weight is 287 g/mol. The first-order valence-electron chi connectivity index (χ1n) is 8.63. The van der Waals surface area contributed by atoms with Gasteiger partial charge in [0.2, 0.25) is 0 Å². The normalized spacial score (nSPS) is 28.3. The summed E-state index contributed by atoms with van der Waals surface area (Å²) in [4.78, 5) is 0. The zero-order valence-corrected chi connectivity index (χ0v) is 13.7. The molecule has 0 heterocycles. The molecule has 0 bridgehead atoms. The Labute approximate surface area is 129 Å². The molecule has 2 aliphatic carbocycles. The molecular weight excluding hydrogens is 258 g/mol. The second-order valence-electron chi connectivity index (χ2n) is 7.00. The van der Waals surface area contributed by atoms with Crippen LogP contribution in [0.15, 0.2) is 24.3 Å². The van der Waals surface area contributed by atoms with E-state index in [2.05, 4.69) is 50.5 Å². The molecule has 2 nitrogen and oxygen atoms in total. The highest BCUT2D eigenvalue weighted by Gasteiger charge is 2.56. The van der Waals surface area contributed by atoms with Gasteiger partial charge in [-0.25, -0.2) is 0 Å². The minimum Gasteiger partial charge on any atom is -0.490 e. The molecule has 3 unspecified atom stereocenters. The Balaban J connectivity index is 1.67. The van der Waals surface area contributed by atoms with E-state index in [1.165, 1.54) is 37.7 Å². The summed E-state index contributed by atoms with van der Waals surface area (Å²) in [6, 6.07) is 9.45. The molecule has 3 atom stereocenters. The van der Waals surface area contributed by atoms with Crippen molar-refractivity contribution >= 4 is 0 Å². The fourth-order valence-electron chi connectivity index (χ4n) is 4.30. The first kappa shape index (κ1) is 14.9. The summed E-state index contributed by atoms with van der Waals surface area (Å²) in [5.74, 6) is 1.69. The molecule has 0 aliphatic heterocycles. The van der Waals surface area contributed by atoms with Gasteiger partial charge >= 0.3 is 0 Å². The maximum absolute atomic E-state index is 6.35. The molecule has 1 aromatic carbocycles. The van der Waals surface area contributed by atoms with Crippen molar-refractivity contribution in [3.8, 4) is 5.75 Å². The maximum atomic E-state index is 6.35. The lowest BCUT2D eigenvalue weighted by atomic mass is 9.60. The van der Waals surface area contributed by atoms with Gasteiger partial charge < -0.3 is 10.1 Å². The van der Waals surface area contributed by atoms with Gasteiger partial charge in [-0.2, -0.15) is 0 Å². The predicted octanol–water partition coefficient (Wildman–Crippen LogP) is 4.50. The highest BCUT2D eigenvalue weighted by Crippen LogP contribution is 2.54. The third kappa shape index (κ3) is 2.59. The Bertz CT molecular complexity index is 461. The van der Waals surface area contributed by atoms with Gasteiger partial charge in [0.1, 0.15) is 11.9 Å². The van der Waals surface area contributed by atoms with Gasteiger partial charge in [-0.1, -0.05) is 38.8 Å². The van der Waals surface area contributed by atoms with Crippen LogP contribution in [-0.2, 0) is 0 Å². The maximum Gasteiger partial charge on any atom is 0.119 e. The van der Waals surface area contributed by atoms with Crippen LogP contribution in [0.1, 0.15) is 63.9 Å². The molecule has 3 rings (SSSR count). The molecule has 1 aromatic rings. The van der Waals surface area contributed by atoms with E-state index < -0.39 is 0 Å². The van der Waals surface area contributed by atoms with Gasteiger partial charge in [0.15, 0.2) is 0 Å². The van der Waals surface area contributed by atoms with Gasteiger partial charge in [0.05, 0.1) is 0 Å². The van der Waals surface area contributed by atoms with E-state index >= 15 is 0 Å². The molecule has 2 saturated carbocycles. The SMILES string of the molecule is CCC(C)c1ccc(OC2CC(NC)C23CCCC3)cc1. The second kappa shape index (κ2) is 6.00. The summed E-state index contributed by atoms with van der Waals surface area (Å²) in [5, 5.41) is 3.50. The van der Waals surface area contributed by atoms with E-state index in [0.29, 0.717) is 23.5 Å². The number of ether oxygens (including phenoxy) is 1. The van der Waals surface area contributed by atoms with Crippen molar-refractivity contribution in [2.75, 3.05) is 7.05 Å². The van der Waals surface area contributed by atoms with Crippen LogP contribution < -0.4 is 10.1 Å². The van der Waals surface area contributed by atoms with E-state index in [1.54, 1.807) is 0 Å². The summed E-state index contributed by atoms with van der Waals surface area (Å²) in [5.41, 5.74) is 1.83. The number of rotatable bonds is 5. The Hall–Kier alpha value is -1.02. The van der Waals surface area contributed by atoms with Crippen molar-refractivity contribution in [2.45, 2.75) is 70.4 Å². The van der Waals surface area contributed by atoms with E-state index in [-0.39, 0.29) is 0 Å². The van der Waals surface area contributed by atoms with Crippen molar-refractivity contribution in [1.82, 2.24) is 5.32 Å². The molecule has 1 spiro atoms. The van der Waals surface area contributed by atoms with Crippen molar-refractivity contribution in [1.29, 1.82) is 0 Å². The van der Waals surface area contributed by atoms with Crippen molar-refractivity contribution in [2.24, 2.45) is 5.41 Å². The molecule has 2 fully saturated rings. The summed E-state index contributed by atoms with van der Waals surface area (Å²) in [7, 11) is 2.10. The zero-order chi connectivity index (χ0) is 14.9. The topological polar surface area (TPSA) is 21.3 Å². The Kier molecular flexibility index (Phi) is 4.26. The van der Waals surface area contributed by atoms with Crippen LogP contribution in [-0.4, -0.2) is 19.2 Å². The minimum absolute atomic E-state index is 0.407. The highest BCUT2D eigenvalue weighted by atomic mass is 16.5. The van der Waals surface area contributed by atoms with Gasteiger partial charge in [0.25, 0.3) is 0 Å². The summed E-state index contributed by atoms with van der Waals surface area (Å²) < 4.78 is 6.35. The third-order valence-corrected chi connectivity index (χ3v) is 6.01. The van der Waals surface area contributed by atoms with Crippen molar-refractivity contribution < 1.29 is 4.74 Å². The lowest BCUT2D eigenvalue weighted by Crippen LogP contribution is -2.63. The Morgan fingerprint density at radius 2 is 1.90 bits per heavy atom. The fraction of sp³-hybridized carbons (Fsp3) is 0.684. The molecule has 1 N–H and O–H groups in total. The highest BCUT2D eigenvalue weighted by molar-refractivity contribution is 5.30. The molecular formula is C19H29NO. The molecule has 2 heteroatoms. The van der Waals surface area contributed by atoms with E-state index in [9.17, 15) is 0 Å². The Morgan fingerprint density at radius 3 is 2.48 bits per heavy atom. The summed E-state index contributed by atoms with van der Waals surface area (Å²) in [6.45, 7) is 4.53. The quantitative estimate of drug-likeness (QED) is 0.861. The van der Waals surface area contributed by atoms with Crippen LogP contribution in [0.5, 0.6) is 5.75 Å².